The first-order valence-electron chi connectivity index (χ1n) is 5.41. The molecule has 1 aromatic carbocycles. The zero-order valence-corrected chi connectivity index (χ0v) is 12.7. The summed E-state index contributed by atoms with van der Waals surface area (Å²) in [6, 6.07) is 11.5. The summed E-state index contributed by atoms with van der Waals surface area (Å²) in [7, 11) is 0. The van der Waals surface area contributed by atoms with Gasteiger partial charge in [0.05, 0.1) is 5.02 Å². The van der Waals surface area contributed by atoms with Crippen LogP contribution < -0.4 is 4.72 Å². The van der Waals surface area contributed by atoms with Crippen molar-refractivity contribution in [2.45, 2.75) is 4.90 Å². The minimum atomic E-state index is 0.710. The number of hydrogen-bond acceptors (Lipinski definition) is 4. The van der Waals surface area contributed by atoms with Crippen molar-refractivity contribution in [2.75, 3.05) is 4.72 Å². The third kappa shape index (κ3) is 2.56. The van der Waals surface area contributed by atoms with E-state index in [2.05, 4.69) is 30.7 Å². The predicted molar refractivity (Wildman–Crippen MR) is 81.6 cm³/mol. The molecule has 0 unspecified atom stereocenters. The molecule has 0 fully saturated rings. The number of hydrogen-bond donors (Lipinski definition) is 1. The Hall–Kier alpha value is -1.24. The van der Waals surface area contributed by atoms with E-state index in [1.54, 1.807) is 4.52 Å². The molecular formula is C12H8BrClN4S. The number of nitrogens with one attached hydrogen (secondary N) is 1. The molecule has 0 saturated heterocycles. The minimum Gasteiger partial charge on any atom is -0.308 e. The van der Waals surface area contributed by atoms with Gasteiger partial charge in [-0.15, -0.1) is 0 Å². The lowest BCUT2D eigenvalue weighted by atomic mass is 10.4. The van der Waals surface area contributed by atoms with E-state index >= 15 is 0 Å². The van der Waals surface area contributed by atoms with Crippen molar-refractivity contribution >= 4 is 50.8 Å². The van der Waals surface area contributed by atoms with E-state index in [4.69, 9.17) is 11.6 Å². The predicted octanol–water partition coefficient (Wildman–Crippen LogP) is 4.26. The number of halogens is 2. The Bertz CT molecular complexity index is 731. The van der Waals surface area contributed by atoms with Gasteiger partial charge in [-0.25, -0.2) is 9.50 Å². The fraction of sp³-hybridized carbons (Fsp3) is 0. The van der Waals surface area contributed by atoms with E-state index in [0.717, 1.165) is 20.8 Å². The minimum absolute atomic E-state index is 0.710. The highest BCUT2D eigenvalue weighted by molar-refractivity contribution is 9.10. The van der Waals surface area contributed by atoms with Crippen molar-refractivity contribution < 1.29 is 0 Å². The number of rotatable bonds is 3. The van der Waals surface area contributed by atoms with Gasteiger partial charge in [-0.05, 0) is 52.1 Å². The van der Waals surface area contributed by atoms with Gasteiger partial charge in [0.2, 0.25) is 0 Å². The van der Waals surface area contributed by atoms with Crippen molar-refractivity contribution in [2.24, 2.45) is 0 Å². The highest BCUT2D eigenvalue weighted by Gasteiger charge is 2.07. The number of aromatic nitrogens is 3. The molecule has 0 aliphatic heterocycles. The van der Waals surface area contributed by atoms with Crippen LogP contribution in [0.1, 0.15) is 0 Å². The van der Waals surface area contributed by atoms with Crippen molar-refractivity contribution in [3.05, 3.63) is 52.4 Å². The molecule has 2 heterocycles. The zero-order chi connectivity index (χ0) is 13.2. The molecule has 0 spiro atoms. The molecule has 0 atom stereocenters. The van der Waals surface area contributed by atoms with Crippen molar-refractivity contribution in [3.8, 4) is 0 Å². The summed E-state index contributed by atoms with van der Waals surface area (Å²) in [5.41, 5.74) is 0.897. The van der Waals surface area contributed by atoms with Crippen LogP contribution >= 0.6 is 39.5 Å². The molecule has 0 saturated carbocycles. The highest BCUT2D eigenvalue weighted by atomic mass is 79.9. The molecule has 1 N–H and O–H groups in total. The van der Waals surface area contributed by atoms with E-state index in [1.807, 2.05) is 36.4 Å². The Balaban J connectivity index is 1.88. The van der Waals surface area contributed by atoms with E-state index in [0.29, 0.717) is 5.02 Å². The molecule has 4 nitrogen and oxygen atoms in total. The number of fused-ring (bicyclic) bond motifs is 1. The molecule has 3 rings (SSSR count). The Morgan fingerprint density at radius 1 is 1.21 bits per heavy atom. The van der Waals surface area contributed by atoms with E-state index < -0.39 is 0 Å². The summed E-state index contributed by atoms with van der Waals surface area (Å²) < 4.78 is 5.85. The lowest BCUT2D eigenvalue weighted by Gasteiger charge is -2.07. The summed E-state index contributed by atoms with van der Waals surface area (Å²) in [6.45, 7) is 0. The summed E-state index contributed by atoms with van der Waals surface area (Å²) in [6.07, 6.45) is 1.51. The summed E-state index contributed by atoms with van der Waals surface area (Å²) in [5.74, 6) is 0.741. The van der Waals surface area contributed by atoms with Crippen molar-refractivity contribution in [3.63, 3.8) is 0 Å². The normalized spacial score (nSPS) is 10.8. The SMILES string of the molecule is Clc1ccccc1SNc1ncnn2c(Br)ccc12. The molecular weight excluding hydrogens is 348 g/mol. The standard InChI is InChI=1S/C12H8BrClN4S/c13-11-6-5-9-12(15-7-16-18(9)11)17-19-10-4-2-1-3-8(10)14/h1-7H,(H,15,16,17). The first-order chi connectivity index (χ1) is 9.25. The second-order valence-electron chi connectivity index (χ2n) is 3.70. The van der Waals surface area contributed by atoms with Gasteiger partial charge in [-0.3, -0.25) is 0 Å². The second kappa shape index (κ2) is 5.40. The average Bonchev–Trinajstić information content (AvgIpc) is 2.81. The Labute approximate surface area is 127 Å². The van der Waals surface area contributed by atoms with Gasteiger partial charge in [-0.1, -0.05) is 23.7 Å². The van der Waals surface area contributed by atoms with Crippen LogP contribution in [0.2, 0.25) is 5.02 Å². The topological polar surface area (TPSA) is 42.2 Å². The third-order valence-electron chi connectivity index (χ3n) is 2.50. The van der Waals surface area contributed by atoms with Crippen LogP contribution in [0, 0.1) is 0 Å². The summed E-state index contributed by atoms with van der Waals surface area (Å²) >= 11 is 11.0. The Morgan fingerprint density at radius 2 is 2.05 bits per heavy atom. The first kappa shape index (κ1) is 12.8. The maximum atomic E-state index is 6.11. The highest BCUT2D eigenvalue weighted by Crippen LogP contribution is 2.29. The smallest absolute Gasteiger partial charge is 0.164 e. The number of benzene rings is 1. The molecule has 0 amide bonds. The lowest BCUT2D eigenvalue weighted by molar-refractivity contribution is 0.889. The fourth-order valence-corrected chi connectivity index (χ4v) is 2.95. The Morgan fingerprint density at radius 3 is 2.89 bits per heavy atom. The maximum absolute atomic E-state index is 6.11. The van der Waals surface area contributed by atoms with Crippen molar-refractivity contribution in [1.29, 1.82) is 0 Å². The van der Waals surface area contributed by atoms with E-state index in [-0.39, 0.29) is 0 Å². The zero-order valence-electron chi connectivity index (χ0n) is 9.55. The molecule has 96 valence electrons. The number of nitrogens with zero attached hydrogens (tertiary/aromatic N) is 3. The van der Waals surface area contributed by atoms with E-state index in [1.165, 1.54) is 18.3 Å². The van der Waals surface area contributed by atoms with E-state index in [9.17, 15) is 0 Å². The largest absolute Gasteiger partial charge is 0.308 e. The quantitative estimate of drug-likeness (QED) is 0.713. The molecule has 19 heavy (non-hydrogen) atoms. The average molecular weight is 356 g/mol. The van der Waals surface area contributed by atoms with Gasteiger partial charge >= 0.3 is 0 Å². The molecule has 7 heteroatoms. The summed E-state index contributed by atoms with van der Waals surface area (Å²) in [5, 5.41) is 4.87. The summed E-state index contributed by atoms with van der Waals surface area (Å²) in [4.78, 5) is 5.19. The molecule has 2 aromatic heterocycles. The van der Waals surface area contributed by atoms with Crippen molar-refractivity contribution in [1.82, 2.24) is 14.6 Å². The molecule has 0 aliphatic rings. The van der Waals surface area contributed by atoms with Crippen LogP contribution in [0.4, 0.5) is 5.82 Å². The molecule has 0 aliphatic carbocycles. The van der Waals surface area contributed by atoms with Crippen LogP contribution in [0.15, 0.2) is 52.2 Å². The van der Waals surface area contributed by atoms with Gasteiger partial charge < -0.3 is 4.72 Å². The Kier molecular flexibility index (Phi) is 3.63. The third-order valence-corrected chi connectivity index (χ3v) is 4.41. The van der Waals surface area contributed by atoms with Crippen LogP contribution in [-0.2, 0) is 0 Å². The van der Waals surface area contributed by atoms with Gasteiger partial charge in [0.25, 0.3) is 0 Å². The van der Waals surface area contributed by atoms with Gasteiger partial charge in [0.15, 0.2) is 5.82 Å². The van der Waals surface area contributed by atoms with Crippen LogP contribution in [0.3, 0.4) is 0 Å². The maximum Gasteiger partial charge on any atom is 0.164 e. The van der Waals surface area contributed by atoms with Gasteiger partial charge in [-0.2, -0.15) is 5.10 Å². The van der Waals surface area contributed by atoms with Crippen LogP contribution in [0.25, 0.3) is 5.52 Å². The first-order valence-corrected chi connectivity index (χ1v) is 7.40. The molecule has 3 aromatic rings. The monoisotopic (exact) mass is 354 g/mol. The van der Waals surface area contributed by atoms with Gasteiger partial charge in [0, 0.05) is 4.90 Å². The molecule has 0 bridgehead atoms. The second-order valence-corrected chi connectivity index (χ2v) is 5.76. The number of anilines is 1. The molecule has 0 radical (unpaired) electrons. The van der Waals surface area contributed by atoms with Crippen LogP contribution in [-0.4, -0.2) is 14.6 Å². The fourth-order valence-electron chi connectivity index (χ4n) is 1.61. The van der Waals surface area contributed by atoms with Crippen LogP contribution in [0.5, 0.6) is 0 Å². The lowest BCUT2D eigenvalue weighted by Crippen LogP contribution is -1.98. The van der Waals surface area contributed by atoms with Gasteiger partial charge in [0.1, 0.15) is 16.4 Å².